The first-order chi connectivity index (χ1) is 10.7. The average Bonchev–Trinajstić information content (AvgIpc) is 2.94. The van der Waals surface area contributed by atoms with Crippen LogP contribution in [0.4, 0.5) is 4.39 Å². The van der Waals surface area contributed by atoms with Gasteiger partial charge in [-0.05, 0) is 71.2 Å². The molecule has 2 rings (SSSR count). The summed E-state index contributed by atoms with van der Waals surface area (Å²) in [5.41, 5.74) is 0.182. The van der Waals surface area contributed by atoms with Crippen LogP contribution in [0.1, 0.15) is 44.5 Å². The fourth-order valence-corrected chi connectivity index (χ4v) is 2.39. The molecule has 1 aromatic heterocycles. The molecule has 0 saturated heterocycles. The monoisotopic (exact) mass is 384 g/mol. The second kappa shape index (κ2) is 7.16. The number of carbonyl (C=O) groups excluding carboxylic acids is 1. The summed E-state index contributed by atoms with van der Waals surface area (Å²) in [5.74, 6) is -0.551. The van der Waals surface area contributed by atoms with Crippen molar-refractivity contribution in [1.82, 2.24) is 20.6 Å². The SMILES string of the molecule is CC(C)(C)OC(=O)CC(Cc1ccc(Br)c(F)c1)c1nnn[nH]1. The zero-order valence-electron chi connectivity index (χ0n) is 13.1. The lowest BCUT2D eigenvalue weighted by molar-refractivity contribution is -0.155. The Morgan fingerprint density at radius 3 is 2.74 bits per heavy atom. The van der Waals surface area contributed by atoms with E-state index in [2.05, 4.69) is 36.6 Å². The van der Waals surface area contributed by atoms with Gasteiger partial charge in [0.1, 0.15) is 11.4 Å². The molecule has 2 aromatic rings. The highest BCUT2D eigenvalue weighted by Gasteiger charge is 2.24. The number of benzene rings is 1. The molecule has 0 fully saturated rings. The van der Waals surface area contributed by atoms with Gasteiger partial charge in [0, 0.05) is 5.92 Å². The van der Waals surface area contributed by atoms with Gasteiger partial charge in [0.15, 0.2) is 5.82 Å². The van der Waals surface area contributed by atoms with Crippen LogP contribution in [0.3, 0.4) is 0 Å². The highest BCUT2D eigenvalue weighted by atomic mass is 79.9. The van der Waals surface area contributed by atoms with E-state index in [0.717, 1.165) is 5.56 Å². The number of nitrogens with one attached hydrogen (secondary N) is 1. The van der Waals surface area contributed by atoms with Crippen molar-refractivity contribution >= 4 is 21.9 Å². The second-order valence-electron chi connectivity index (χ2n) is 6.23. The highest BCUT2D eigenvalue weighted by Crippen LogP contribution is 2.25. The smallest absolute Gasteiger partial charge is 0.307 e. The van der Waals surface area contributed by atoms with Gasteiger partial charge in [0.05, 0.1) is 10.9 Å². The number of aromatic amines is 1. The molecule has 0 amide bonds. The molecule has 0 aliphatic heterocycles. The van der Waals surface area contributed by atoms with Crippen molar-refractivity contribution in [1.29, 1.82) is 0 Å². The second-order valence-corrected chi connectivity index (χ2v) is 7.08. The van der Waals surface area contributed by atoms with Crippen LogP contribution in [0.15, 0.2) is 22.7 Å². The molecule has 0 aliphatic rings. The first kappa shape index (κ1) is 17.5. The lowest BCUT2D eigenvalue weighted by Gasteiger charge is -2.21. The number of carbonyl (C=O) groups is 1. The van der Waals surface area contributed by atoms with E-state index >= 15 is 0 Å². The molecule has 124 valence electrons. The molecule has 8 heteroatoms. The Morgan fingerprint density at radius 2 is 2.17 bits per heavy atom. The van der Waals surface area contributed by atoms with E-state index in [4.69, 9.17) is 4.74 Å². The number of tetrazole rings is 1. The summed E-state index contributed by atoms with van der Waals surface area (Å²) < 4.78 is 19.4. The molecule has 0 bridgehead atoms. The molecule has 1 aromatic carbocycles. The number of rotatable bonds is 5. The highest BCUT2D eigenvalue weighted by molar-refractivity contribution is 9.10. The topological polar surface area (TPSA) is 80.8 Å². The summed E-state index contributed by atoms with van der Waals surface area (Å²) in [4.78, 5) is 12.1. The Hall–Kier alpha value is -1.83. The maximum Gasteiger partial charge on any atom is 0.307 e. The van der Waals surface area contributed by atoms with Crippen molar-refractivity contribution in [3.8, 4) is 0 Å². The number of esters is 1. The van der Waals surface area contributed by atoms with E-state index in [-0.39, 0.29) is 24.1 Å². The average molecular weight is 385 g/mol. The molecule has 1 unspecified atom stereocenters. The van der Waals surface area contributed by atoms with Crippen LogP contribution in [0.5, 0.6) is 0 Å². The van der Waals surface area contributed by atoms with Gasteiger partial charge in [-0.3, -0.25) is 4.79 Å². The fourth-order valence-electron chi connectivity index (χ4n) is 2.14. The minimum absolute atomic E-state index is 0.103. The standard InChI is InChI=1S/C15H18BrFN4O2/c1-15(2,3)23-13(22)8-10(14-18-20-21-19-14)6-9-4-5-11(16)12(17)7-9/h4-5,7,10H,6,8H2,1-3H3,(H,18,19,20,21). The minimum Gasteiger partial charge on any atom is -0.460 e. The first-order valence-corrected chi connectivity index (χ1v) is 7.93. The van der Waals surface area contributed by atoms with Gasteiger partial charge >= 0.3 is 5.97 Å². The third-order valence-electron chi connectivity index (χ3n) is 3.05. The Bertz CT molecular complexity index is 671. The number of nitrogens with zero attached hydrogens (tertiary/aromatic N) is 3. The van der Waals surface area contributed by atoms with E-state index in [1.165, 1.54) is 6.07 Å². The minimum atomic E-state index is -0.564. The molecule has 1 atom stereocenters. The van der Waals surface area contributed by atoms with Crippen molar-refractivity contribution in [2.24, 2.45) is 0 Å². The summed E-state index contributed by atoms with van der Waals surface area (Å²) in [7, 11) is 0. The molecule has 0 radical (unpaired) electrons. The van der Waals surface area contributed by atoms with Gasteiger partial charge < -0.3 is 4.74 Å². The van der Waals surface area contributed by atoms with Crippen molar-refractivity contribution < 1.29 is 13.9 Å². The van der Waals surface area contributed by atoms with Gasteiger partial charge in [-0.15, -0.1) is 5.10 Å². The lowest BCUT2D eigenvalue weighted by Crippen LogP contribution is -2.25. The van der Waals surface area contributed by atoms with Crippen molar-refractivity contribution in [2.75, 3.05) is 0 Å². The number of ether oxygens (including phenoxy) is 1. The van der Waals surface area contributed by atoms with Crippen LogP contribution in [-0.4, -0.2) is 32.2 Å². The van der Waals surface area contributed by atoms with Crippen LogP contribution in [0.25, 0.3) is 0 Å². The molecule has 1 heterocycles. The van der Waals surface area contributed by atoms with Crippen molar-refractivity contribution in [3.05, 3.63) is 39.9 Å². The molecule has 0 saturated carbocycles. The number of H-pyrrole nitrogens is 1. The molecular weight excluding hydrogens is 367 g/mol. The predicted molar refractivity (Wildman–Crippen MR) is 85.2 cm³/mol. The van der Waals surface area contributed by atoms with Crippen LogP contribution in [0.2, 0.25) is 0 Å². The Balaban J connectivity index is 2.15. The Labute approximate surface area is 141 Å². The summed E-state index contributed by atoms with van der Waals surface area (Å²) >= 11 is 3.12. The van der Waals surface area contributed by atoms with E-state index < -0.39 is 5.60 Å². The van der Waals surface area contributed by atoms with E-state index in [9.17, 15) is 9.18 Å². The molecule has 0 spiro atoms. The van der Waals surface area contributed by atoms with Crippen LogP contribution in [0, 0.1) is 5.82 Å². The lowest BCUT2D eigenvalue weighted by atomic mass is 9.95. The van der Waals surface area contributed by atoms with Crippen molar-refractivity contribution in [2.45, 2.75) is 45.1 Å². The fraction of sp³-hybridized carbons (Fsp3) is 0.467. The van der Waals surface area contributed by atoms with Gasteiger partial charge in [-0.1, -0.05) is 6.07 Å². The van der Waals surface area contributed by atoms with Crippen LogP contribution in [-0.2, 0) is 16.0 Å². The van der Waals surface area contributed by atoms with E-state index in [1.54, 1.807) is 32.9 Å². The summed E-state index contributed by atoms with van der Waals surface area (Å²) in [5, 5.41) is 13.6. The largest absolute Gasteiger partial charge is 0.460 e. The maximum absolute atomic E-state index is 13.7. The molecular formula is C15H18BrFN4O2. The number of aromatic nitrogens is 4. The third kappa shape index (κ3) is 5.38. The zero-order valence-corrected chi connectivity index (χ0v) is 14.7. The predicted octanol–water partition coefficient (Wildman–Crippen LogP) is 3.16. The van der Waals surface area contributed by atoms with Gasteiger partial charge in [0.25, 0.3) is 0 Å². The summed E-state index contributed by atoms with van der Waals surface area (Å²) in [6.45, 7) is 5.42. The normalized spacial score (nSPS) is 12.9. The first-order valence-electron chi connectivity index (χ1n) is 7.14. The zero-order chi connectivity index (χ0) is 17.0. The quantitative estimate of drug-likeness (QED) is 0.800. The van der Waals surface area contributed by atoms with Gasteiger partial charge in [0.2, 0.25) is 0 Å². The van der Waals surface area contributed by atoms with Gasteiger partial charge in [-0.2, -0.15) is 0 Å². The van der Waals surface area contributed by atoms with E-state index in [1.807, 2.05) is 0 Å². The maximum atomic E-state index is 13.7. The molecule has 6 nitrogen and oxygen atoms in total. The number of hydrogen-bond donors (Lipinski definition) is 1. The Kier molecular flexibility index (Phi) is 5.46. The summed E-state index contributed by atoms with van der Waals surface area (Å²) in [6, 6.07) is 4.85. The van der Waals surface area contributed by atoms with E-state index in [0.29, 0.717) is 16.7 Å². The van der Waals surface area contributed by atoms with Gasteiger partial charge in [-0.25, -0.2) is 9.49 Å². The van der Waals surface area contributed by atoms with Crippen LogP contribution < -0.4 is 0 Å². The van der Waals surface area contributed by atoms with Crippen LogP contribution >= 0.6 is 15.9 Å². The van der Waals surface area contributed by atoms with Crippen molar-refractivity contribution in [3.63, 3.8) is 0 Å². The molecule has 23 heavy (non-hydrogen) atoms. The third-order valence-corrected chi connectivity index (χ3v) is 3.69. The number of halogens is 2. The molecule has 0 aliphatic carbocycles. The molecule has 1 N–H and O–H groups in total. The number of hydrogen-bond acceptors (Lipinski definition) is 5. The summed E-state index contributed by atoms with van der Waals surface area (Å²) in [6.07, 6.45) is 0.520. The Morgan fingerprint density at radius 1 is 1.43 bits per heavy atom.